The summed E-state index contributed by atoms with van der Waals surface area (Å²) in [6, 6.07) is -0.848. The average Bonchev–Trinajstić information content (AvgIpc) is 2.99. The number of hydrogen-bond donors (Lipinski definition) is 4. The molecule has 0 saturated heterocycles. The third-order valence-electron chi connectivity index (χ3n) is 3.56. The minimum absolute atomic E-state index is 0.156. The van der Waals surface area contributed by atoms with Gasteiger partial charge >= 0.3 is 5.97 Å². The number of aromatic amines is 1. The molecule has 0 aliphatic rings. The number of nitrogens with zero attached hydrogens (tertiary/aromatic N) is 3. The minimum Gasteiger partial charge on any atom is -0.480 e. The fourth-order valence-corrected chi connectivity index (χ4v) is 3.24. The number of rotatable bonds is 9. The zero-order chi connectivity index (χ0) is 18.4. The Morgan fingerprint density at radius 2 is 2.12 bits per heavy atom. The van der Waals surface area contributed by atoms with Crippen molar-refractivity contribution in [3.8, 4) is 0 Å². The Bertz CT molecular complexity index is 748. The van der Waals surface area contributed by atoms with Crippen molar-refractivity contribution in [2.24, 2.45) is 5.92 Å². The molecule has 2 aromatic rings. The molecule has 0 bridgehead atoms. The molecule has 2 heterocycles. The number of aliphatic carboxylic acids is 1. The van der Waals surface area contributed by atoms with Gasteiger partial charge < -0.3 is 21.1 Å². The average molecular weight is 366 g/mol. The van der Waals surface area contributed by atoms with Crippen LogP contribution in [0.2, 0.25) is 0 Å². The van der Waals surface area contributed by atoms with Gasteiger partial charge in [-0.15, -0.1) is 11.8 Å². The van der Waals surface area contributed by atoms with Gasteiger partial charge in [0.15, 0.2) is 5.65 Å². The van der Waals surface area contributed by atoms with E-state index in [1.807, 2.05) is 0 Å². The molecular weight excluding hydrogens is 344 g/mol. The van der Waals surface area contributed by atoms with Crippen molar-refractivity contribution in [3.63, 3.8) is 0 Å². The topological polar surface area (TPSA) is 147 Å². The number of hydrogen-bond acceptors (Lipinski definition) is 7. The van der Waals surface area contributed by atoms with Gasteiger partial charge in [0.2, 0.25) is 11.9 Å². The molecule has 0 radical (unpaired) electrons. The van der Waals surface area contributed by atoms with E-state index in [2.05, 4.69) is 25.3 Å². The third-order valence-corrected chi connectivity index (χ3v) is 4.62. The summed E-state index contributed by atoms with van der Waals surface area (Å²) < 4.78 is 0. The molecule has 136 valence electrons. The number of nitrogen functional groups attached to an aromatic ring is 1. The third kappa shape index (κ3) is 5.31. The molecule has 0 unspecified atom stereocenters. The number of unbranched alkanes of at least 4 members (excludes halogenated alkanes) is 1. The lowest BCUT2D eigenvalue weighted by molar-refractivity contribution is -0.143. The molecule has 0 spiro atoms. The Hall–Kier alpha value is -2.36. The van der Waals surface area contributed by atoms with Crippen molar-refractivity contribution in [1.82, 2.24) is 25.3 Å². The highest BCUT2D eigenvalue weighted by Gasteiger charge is 2.22. The Morgan fingerprint density at radius 1 is 1.36 bits per heavy atom. The number of carbonyl (C=O) groups excluding carboxylic acids is 1. The summed E-state index contributed by atoms with van der Waals surface area (Å²) in [4.78, 5) is 38.2. The Morgan fingerprint density at radius 3 is 2.80 bits per heavy atom. The van der Waals surface area contributed by atoms with Crippen LogP contribution in [0.5, 0.6) is 0 Å². The Labute approximate surface area is 149 Å². The van der Waals surface area contributed by atoms with Crippen LogP contribution in [0.4, 0.5) is 5.95 Å². The summed E-state index contributed by atoms with van der Waals surface area (Å²) >= 11 is 1.52. The van der Waals surface area contributed by atoms with Crippen molar-refractivity contribution in [2.75, 3.05) is 11.5 Å². The lowest BCUT2D eigenvalue weighted by Crippen LogP contribution is -2.44. The number of H-pyrrole nitrogens is 1. The highest BCUT2D eigenvalue weighted by atomic mass is 32.2. The quantitative estimate of drug-likeness (QED) is 0.296. The van der Waals surface area contributed by atoms with Gasteiger partial charge in [0.1, 0.15) is 16.6 Å². The monoisotopic (exact) mass is 366 g/mol. The first-order valence-electron chi connectivity index (χ1n) is 8.00. The van der Waals surface area contributed by atoms with Gasteiger partial charge in [-0.2, -0.15) is 4.98 Å². The lowest BCUT2D eigenvalue weighted by Gasteiger charge is -2.17. The molecule has 10 heteroatoms. The van der Waals surface area contributed by atoms with Crippen LogP contribution < -0.4 is 11.1 Å². The van der Waals surface area contributed by atoms with E-state index in [0.717, 1.165) is 22.7 Å². The molecule has 1 amide bonds. The second-order valence-electron chi connectivity index (χ2n) is 5.92. The molecule has 25 heavy (non-hydrogen) atoms. The van der Waals surface area contributed by atoms with Crippen molar-refractivity contribution < 1.29 is 14.7 Å². The predicted molar refractivity (Wildman–Crippen MR) is 95.1 cm³/mol. The first kappa shape index (κ1) is 19.0. The Kier molecular flexibility index (Phi) is 6.57. The normalized spacial score (nSPS) is 12.4. The summed E-state index contributed by atoms with van der Waals surface area (Å²) in [5, 5.41) is 12.4. The number of carbonyl (C=O) groups is 2. The van der Waals surface area contributed by atoms with Crippen LogP contribution in [-0.4, -0.2) is 48.7 Å². The minimum atomic E-state index is -1.01. The molecule has 0 aromatic carbocycles. The van der Waals surface area contributed by atoms with Gasteiger partial charge in [-0.05, 0) is 24.5 Å². The van der Waals surface area contributed by atoms with Crippen molar-refractivity contribution in [3.05, 3.63) is 6.33 Å². The van der Waals surface area contributed by atoms with E-state index in [-0.39, 0.29) is 17.8 Å². The maximum absolute atomic E-state index is 11.8. The summed E-state index contributed by atoms with van der Waals surface area (Å²) in [5.74, 6) is -0.478. The maximum atomic E-state index is 11.8. The first-order valence-corrected chi connectivity index (χ1v) is 8.98. The van der Waals surface area contributed by atoms with Crippen LogP contribution in [-0.2, 0) is 9.59 Å². The molecule has 1 atom stereocenters. The number of carboxylic acid groups (broad SMARTS) is 1. The van der Waals surface area contributed by atoms with Gasteiger partial charge in [0.05, 0.1) is 6.33 Å². The largest absolute Gasteiger partial charge is 0.480 e. The van der Waals surface area contributed by atoms with Gasteiger partial charge in [-0.3, -0.25) is 4.79 Å². The van der Waals surface area contributed by atoms with Crippen LogP contribution >= 0.6 is 11.8 Å². The zero-order valence-corrected chi connectivity index (χ0v) is 15.0. The van der Waals surface area contributed by atoms with Gasteiger partial charge in [0.25, 0.3) is 0 Å². The molecule has 0 aliphatic carbocycles. The number of thioether (sulfide) groups is 1. The van der Waals surface area contributed by atoms with Crippen LogP contribution in [0, 0.1) is 5.92 Å². The smallest absolute Gasteiger partial charge is 0.326 e. The van der Waals surface area contributed by atoms with Crippen LogP contribution in [0.3, 0.4) is 0 Å². The summed E-state index contributed by atoms with van der Waals surface area (Å²) in [7, 11) is 0. The van der Waals surface area contributed by atoms with E-state index in [0.29, 0.717) is 18.5 Å². The predicted octanol–water partition coefficient (Wildman–Crippen LogP) is 1.42. The van der Waals surface area contributed by atoms with E-state index < -0.39 is 12.0 Å². The van der Waals surface area contributed by atoms with Crippen LogP contribution in [0.25, 0.3) is 11.2 Å². The van der Waals surface area contributed by atoms with E-state index in [1.165, 1.54) is 11.8 Å². The van der Waals surface area contributed by atoms with E-state index in [1.54, 1.807) is 20.2 Å². The van der Waals surface area contributed by atoms with Gasteiger partial charge in [-0.25, -0.2) is 14.8 Å². The van der Waals surface area contributed by atoms with Crippen molar-refractivity contribution in [1.29, 1.82) is 0 Å². The number of nitrogens with one attached hydrogen (secondary N) is 2. The number of amides is 1. The van der Waals surface area contributed by atoms with Crippen LogP contribution in [0.15, 0.2) is 11.4 Å². The number of imidazole rings is 1. The van der Waals surface area contributed by atoms with Crippen molar-refractivity contribution in [2.45, 2.75) is 44.2 Å². The standard InChI is InChI=1S/C15H22N6O3S/c1-8(2)10(14(23)24)19-9(22)5-3-4-6-25-13-11-12(18-7-17-11)20-15(16)21-13/h7-8,10H,3-6H2,1-2H3,(H,19,22)(H,23,24)(H3,16,17,18,20,21)/t10-/m1/s1. The number of nitrogens with two attached hydrogens (primary N) is 1. The number of aromatic nitrogens is 4. The molecule has 0 aliphatic heterocycles. The van der Waals surface area contributed by atoms with Gasteiger partial charge in [-0.1, -0.05) is 13.8 Å². The number of carboxylic acids is 1. The van der Waals surface area contributed by atoms with Gasteiger partial charge in [0, 0.05) is 6.42 Å². The summed E-state index contributed by atoms with van der Waals surface area (Å²) in [6.07, 6.45) is 3.29. The van der Waals surface area contributed by atoms with Crippen LogP contribution in [0.1, 0.15) is 33.1 Å². The van der Waals surface area contributed by atoms with E-state index in [9.17, 15) is 9.59 Å². The second-order valence-corrected chi connectivity index (χ2v) is 7.00. The van der Waals surface area contributed by atoms with E-state index >= 15 is 0 Å². The first-order chi connectivity index (χ1) is 11.9. The lowest BCUT2D eigenvalue weighted by atomic mass is 10.0. The number of fused-ring (bicyclic) bond motifs is 1. The fourth-order valence-electron chi connectivity index (χ4n) is 2.24. The molecule has 9 nitrogen and oxygen atoms in total. The fraction of sp³-hybridized carbons (Fsp3) is 0.533. The highest BCUT2D eigenvalue weighted by molar-refractivity contribution is 7.99. The molecule has 5 N–H and O–H groups in total. The molecule has 2 rings (SSSR count). The molecular formula is C15H22N6O3S. The summed E-state index contributed by atoms with van der Waals surface area (Å²) in [6.45, 7) is 3.53. The zero-order valence-electron chi connectivity index (χ0n) is 14.2. The second kappa shape index (κ2) is 8.65. The molecule has 0 saturated carbocycles. The molecule has 2 aromatic heterocycles. The summed E-state index contributed by atoms with van der Waals surface area (Å²) in [5.41, 5.74) is 6.94. The molecule has 0 fully saturated rings. The number of anilines is 1. The maximum Gasteiger partial charge on any atom is 0.326 e. The SMILES string of the molecule is CC(C)[C@@H](NC(=O)CCCCSc1nc(N)nc2nc[nH]c12)C(=O)O. The van der Waals surface area contributed by atoms with Crippen molar-refractivity contribution >= 4 is 40.8 Å². The highest BCUT2D eigenvalue weighted by Crippen LogP contribution is 2.24. The van der Waals surface area contributed by atoms with E-state index in [4.69, 9.17) is 10.8 Å². The Balaban J connectivity index is 1.75.